The lowest BCUT2D eigenvalue weighted by molar-refractivity contribution is -0.144. The summed E-state index contributed by atoms with van der Waals surface area (Å²) in [5.74, 6) is -0.771. The molecule has 116 valence electrons. The van der Waals surface area contributed by atoms with Crippen LogP contribution in [0.3, 0.4) is 0 Å². The highest BCUT2D eigenvalue weighted by Crippen LogP contribution is 2.05. The number of carbonyl (C=O) groups excluding carboxylic acids is 1. The number of rotatable bonds is 7. The van der Waals surface area contributed by atoms with Gasteiger partial charge in [0.25, 0.3) is 5.56 Å². The molecule has 0 aliphatic rings. The first-order chi connectivity index (χ1) is 9.85. The van der Waals surface area contributed by atoms with Gasteiger partial charge in [-0.15, -0.1) is 0 Å². The Labute approximate surface area is 123 Å². The third-order valence-electron chi connectivity index (χ3n) is 3.10. The molecule has 1 aromatic rings. The molecule has 0 saturated heterocycles. The van der Waals surface area contributed by atoms with Gasteiger partial charge >= 0.3 is 5.97 Å². The lowest BCUT2D eigenvalue weighted by atomic mass is 10.1. The molecule has 0 aliphatic heterocycles. The lowest BCUT2D eigenvalue weighted by Gasteiger charge is -2.19. The van der Waals surface area contributed by atoms with Gasteiger partial charge in [0.15, 0.2) is 0 Å². The van der Waals surface area contributed by atoms with Crippen LogP contribution in [0.1, 0.15) is 36.8 Å². The van der Waals surface area contributed by atoms with Crippen LogP contribution in [0.25, 0.3) is 0 Å². The number of nitrogens with zero attached hydrogens (tertiary/aromatic N) is 2. The van der Waals surface area contributed by atoms with Gasteiger partial charge in [0.1, 0.15) is 12.4 Å². The van der Waals surface area contributed by atoms with Crippen LogP contribution in [0.4, 0.5) is 0 Å². The van der Waals surface area contributed by atoms with Gasteiger partial charge in [-0.1, -0.05) is 6.92 Å². The zero-order chi connectivity index (χ0) is 16.0. The predicted molar refractivity (Wildman–Crippen MR) is 77.2 cm³/mol. The van der Waals surface area contributed by atoms with E-state index < -0.39 is 5.97 Å². The third kappa shape index (κ3) is 5.02. The molecular formula is C14H21N3O4. The van der Waals surface area contributed by atoms with Crippen LogP contribution in [-0.4, -0.2) is 44.9 Å². The molecule has 0 aliphatic carbocycles. The molecule has 1 amide bonds. The first-order valence-corrected chi connectivity index (χ1v) is 6.91. The van der Waals surface area contributed by atoms with Crippen molar-refractivity contribution in [3.05, 3.63) is 27.4 Å². The number of aromatic amines is 1. The number of H-pyrrole nitrogens is 1. The molecule has 21 heavy (non-hydrogen) atoms. The molecule has 7 heteroatoms. The normalized spacial score (nSPS) is 10.4. The van der Waals surface area contributed by atoms with E-state index in [9.17, 15) is 14.4 Å². The summed E-state index contributed by atoms with van der Waals surface area (Å²) >= 11 is 0. The minimum absolute atomic E-state index is 0.0991. The van der Waals surface area contributed by atoms with Gasteiger partial charge in [-0.25, -0.2) is 4.98 Å². The summed E-state index contributed by atoms with van der Waals surface area (Å²) in [6.07, 6.45) is 1.04. The number of hydrogen-bond acceptors (Lipinski definition) is 4. The van der Waals surface area contributed by atoms with Crippen LogP contribution in [-0.2, 0) is 16.0 Å². The summed E-state index contributed by atoms with van der Waals surface area (Å²) < 4.78 is 0. The number of aliphatic carboxylic acids is 1. The molecular weight excluding hydrogens is 274 g/mol. The van der Waals surface area contributed by atoms with Crippen molar-refractivity contribution in [2.24, 2.45) is 0 Å². The minimum Gasteiger partial charge on any atom is -0.480 e. The Morgan fingerprint density at radius 3 is 2.52 bits per heavy atom. The summed E-state index contributed by atoms with van der Waals surface area (Å²) in [7, 11) is 0. The van der Waals surface area contributed by atoms with Crippen LogP contribution in [0.15, 0.2) is 4.79 Å². The van der Waals surface area contributed by atoms with Crippen molar-refractivity contribution in [2.45, 2.75) is 40.0 Å². The number of aryl methyl sites for hydroxylation is 2. The van der Waals surface area contributed by atoms with Crippen LogP contribution in [0.2, 0.25) is 0 Å². The van der Waals surface area contributed by atoms with Gasteiger partial charge in [-0.3, -0.25) is 14.4 Å². The molecule has 0 bridgehead atoms. The Bertz CT molecular complexity index is 580. The molecule has 7 nitrogen and oxygen atoms in total. The zero-order valence-corrected chi connectivity index (χ0v) is 12.6. The van der Waals surface area contributed by atoms with E-state index in [0.717, 1.165) is 0 Å². The smallest absolute Gasteiger partial charge is 0.323 e. The fraction of sp³-hybridized carbons (Fsp3) is 0.571. The molecule has 0 atom stereocenters. The third-order valence-corrected chi connectivity index (χ3v) is 3.10. The zero-order valence-electron chi connectivity index (χ0n) is 12.6. The number of amides is 1. The molecule has 0 radical (unpaired) electrons. The van der Waals surface area contributed by atoms with E-state index in [0.29, 0.717) is 30.0 Å². The second-order valence-electron chi connectivity index (χ2n) is 4.92. The van der Waals surface area contributed by atoms with Crippen molar-refractivity contribution in [3.63, 3.8) is 0 Å². The number of carboxylic acid groups (broad SMARTS) is 1. The van der Waals surface area contributed by atoms with E-state index in [1.165, 1.54) is 4.90 Å². The van der Waals surface area contributed by atoms with Crippen molar-refractivity contribution < 1.29 is 14.7 Å². The Morgan fingerprint density at radius 1 is 1.33 bits per heavy atom. The first kappa shape index (κ1) is 16.9. The summed E-state index contributed by atoms with van der Waals surface area (Å²) in [5, 5.41) is 8.80. The van der Waals surface area contributed by atoms with Crippen LogP contribution < -0.4 is 5.56 Å². The summed E-state index contributed by atoms with van der Waals surface area (Å²) in [6, 6.07) is 0. The van der Waals surface area contributed by atoms with Gasteiger partial charge < -0.3 is 15.0 Å². The number of aromatic nitrogens is 2. The fourth-order valence-corrected chi connectivity index (χ4v) is 2.16. The molecule has 1 heterocycles. The van der Waals surface area contributed by atoms with Gasteiger partial charge in [-0.05, 0) is 26.7 Å². The van der Waals surface area contributed by atoms with Gasteiger partial charge in [0.2, 0.25) is 5.91 Å². The van der Waals surface area contributed by atoms with Crippen LogP contribution in [0.5, 0.6) is 0 Å². The summed E-state index contributed by atoms with van der Waals surface area (Å²) in [5.41, 5.74) is 0.832. The van der Waals surface area contributed by atoms with Crippen LogP contribution >= 0.6 is 0 Å². The van der Waals surface area contributed by atoms with Crippen molar-refractivity contribution in [2.75, 3.05) is 13.1 Å². The molecule has 0 spiro atoms. The van der Waals surface area contributed by atoms with Gasteiger partial charge in [0, 0.05) is 24.2 Å². The minimum atomic E-state index is -1.04. The maximum atomic E-state index is 12.1. The molecule has 0 unspecified atom stereocenters. The fourth-order valence-electron chi connectivity index (χ4n) is 2.16. The summed E-state index contributed by atoms with van der Waals surface area (Å²) in [6.45, 7) is 5.38. The Kier molecular flexibility index (Phi) is 6.08. The highest BCUT2D eigenvalue weighted by atomic mass is 16.4. The van der Waals surface area contributed by atoms with E-state index in [1.54, 1.807) is 13.8 Å². The molecule has 0 saturated carbocycles. The number of hydrogen-bond donors (Lipinski definition) is 2. The van der Waals surface area contributed by atoms with E-state index >= 15 is 0 Å². The molecule has 1 rings (SSSR count). The van der Waals surface area contributed by atoms with E-state index in [2.05, 4.69) is 9.97 Å². The van der Waals surface area contributed by atoms with Crippen molar-refractivity contribution in [1.29, 1.82) is 0 Å². The maximum Gasteiger partial charge on any atom is 0.323 e. The SMILES string of the molecule is CCCN(CC(=O)O)C(=O)CCc1c(C)nc(C)[nH]c1=O. The Balaban J connectivity index is 2.75. The van der Waals surface area contributed by atoms with Crippen LogP contribution in [0, 0.1) is 13.8 Å². The van der Waals surface area contributed by atoms with Gasteiger partial charge in [-0.2, -0.15) is 0 Å². The van der Waals surface area contributed by atoms with E-state index in [4.69, 9.17) is 5.11 Å². The average Bonchev–Trinajstić information content (AvgIpc) is 2.36. The lowest BCUT2D eigenvalue weighted by Crippen LogP contribution is -2.36. The maximum absolute atomic E-state index is 12.1. The standard InChI is InChI=1S/C14H21N3O4/c1-4-7-17(8-13(19)20)12(18)6-5-11-9(2)15-10(3)16-14(11)21/h4-8H2,1-3H3,(H,19,20)(H,15,16,21). The number of nitrogens with one attached hydrogen (secondary N) is 1. The second kappa shape index (κ2) is 7.56. The predicted octanol–water partition coefficient (Wildman–Crippen LogP) is 0.643. The molecule has 2 N–H and O–H groups in total. The van der Waals surface area contributed by atoms with Crippen molar-refractivity contribution >= 4 is 11.9 Å². The monoisotopic (exact) mass is 295 g/mol. The molecule has 0 aromatic carbocycles. The quantitative estimate of drug-likeness (QED) is 0.768. The Morgan fingerprint density at radius 2 is 2.00 bits per heavy atom. The highest BCUT2D eigenvalue weighted by Gasteiger charge is 2.17. The second-order valence-corrected chi connectivity index (χ2v) is 4.92. The molecule has 1 aromatic heterocycles. The topological polar surface area (TPSA) is 103 Å². The average molecular weight is 295 g/mol. The largest absolute Gasteiger partial charge is 0.480 e. The van der Waals surface area contributed by atoms with Crippen molar-refractivity contribution in [3.8, 4) is 0 Å². The highest BCUT2D eigenvalue weighted by molar-refractivity contribution is 5.81. The number of carbonyl (C=O) groups is 2. The summed E-state index contributed by atoms with van der Waals surface area (Å²) in [4.78, 5) is 42.7. The van der Waals surface area contributed by atoms with E-state index in [1.807, 2.05) is 6.92 Å². The van der Waals surface area contributed by atoms with E-state index in [-0.39, 0.29) is 30.9 Å². The first-order valence-electron chi connectivity index (χ1n) is 6.91. The Hall–Kier alpha value is -2.18. The molecule has 0 fully saturated rings. The van der Waals surface area contributed by atoms with Crippen molar-refractivity contribution in [1.82, 2.24) is 14.9 Å². The van der Waals surface area contributed by atoms with Gasteiger partial charge in [0.05, 0.1) is 0 Å². The number of carboxylic acids is 1.